The number of primary amides is 1. The second-order valence-corrected chi connectivity index (χ2v) is 10.5. The molecule has 1 amide bonds. The first-order valence-corrected chi connectivity index (χ1v) is 12.3. The zero-order valence-corrected chi connectivity index (χ0v) is 20.1. The molecule has 7 N–H and O–H groups in total. The lowest BCUT2D eigenvalue weighted by Gasteiger charge is -2.46. The van der Waals surface area contributed by atoms with Gasteiger partial charge in [0.15, 0.2) is 11.4 Å². The molecule has 192 valence electrons. The molecule has 1 aromatic carbocycles. The minimum atomic E-state index is -2.54. The number of rotatable bonds is 4. The molecule has 1 aliphatic heterocycles. The van der Waals surface area contributed by atoms with Gasteiger partial charge < -0.3 is 36.4 Å². The maximum absolute atomic E-state index is 13.6. The lowest BCUT2D eigenvalue weighted by Crippen LogP contribution is -2.58. The number of ketones is 2. The highest BCUT2D eigenvalue weighted by atomic mass is 16.3. The highest BCUT2D eigenvalue weighted by Gasteiger charge is 2.60. The van der Waals surface area contributed by atoms with Crippen molar-refractivity contribution in [3.05, 3.63) is 45.7 Å². The van der Waals surface area contributed by atoms with Gasteiger partial charge in [-0.15, -0.1) is 0 Å². The molecule has 0 bridgehead atoms. The van der Waals surface area contributed by atoms with E-state index in [9.17, 15) is 34.8 Å². The second-order valence-electron chi connectivity index (χ2n) is 10.5. The van der Waals surface area contributed by atoms with Gasteiger partial charge in [0.2, 0.25) is 5.78 Å². The lowest BCUT2D eigenvalue weighted by atomic mass is 9.59. The van der Waals surface area contributed by atoms with E-state index in [4.69, 9.17) is 5.73 Å². The van der Waals surface area contributed by atoms with Crippen LogP contribution in [0.3, 0.4) is 0 Å². The summed E-state index contributed by atoms with van der Waals surface area (Å²) in [4.78, 5) is 40.1. The van der Waals surface area contributed by atoms with Gasteiger partial charge >= 0.3 is 0 Å². The van der Waals surface area contributed by atoms with Crippen LogP contribution in [0.5, 0.6) is 5.75 Å². The lowest BCUT2D eigenvalue weighted by molar-refractivity contribution is -0.147. The number of nitrogens with zero attached hydrogens (tertiary/aromatic N) is 1. The van der Waals surface area contributed by atoms with E-state index >= 15 is 0 Å². The number of aliphatic hydroxyl groups excluding tert-OH is 2. The van der Waals surface area contributed by atoms with Crippen LogP contribution < -0.4 is 11.1 Å². The van der Waals surface area contributed by atoms with Crippen LogP contribution in [-0.4, -0.2) is 74.6 Å². The van der Waals surface area contributed by atoms with Gasteiger partial charge in [0.25, 0.3) is 5.91 Å². The summed E-state index contributed by atoms with van der Waals surface area (Å²) >= 11 is 0. The first-order chi connectivity index (χ1) is 17.0. The Morgan fingerprint density at radius 3 is 2.53 bits per heavy atom. The number of hydrogen-bond donors (Lipinski definition) is 6. The van der Waals surface area contributed by atoms with Crippen LogP contribution in [0.2, 0.25) is 0 Å². The molecular formula is C26H31N3O7. The summed E-state index contributed by atoms with van der Waals surface area (Å²) in [6.07, 6.45) is 2.14. The largest absolute Gasteiger partial charge is 0.508 e. The number of carbonyl (C=O) groups is 3. The fourth-order valence-electron chi connectivity index (χ4n) is 6.32. The Morgan fingerprint density at radius 2 is 1.86 bits per heavy atom. The molecule has 1 aromatic rings. The average molecular weight is 498 g/mol. The van der Waals surface area contributed by atoms with E-state index in [1.54, 1.807) is 6.07 Å². The molecule has 3 unspecified atom stereocenters. The highest BCUT2D eigenvalue weighted by molar-refractivity contribution is 6.22. The number of phenols is 1. The minimum Gasteiger partial charge on any atom is -0.508 e. The Bertz CT molecular complexity index is 1230. The number of carbonyl (C=O) groups excluding carboxylic acids is 3. The molecule has 1 saturated heterocycles. The molecule has 2 fully saturated rings. The van der Waals surface area contributed by atoms with Gasteiger partial charge in [0.1, 0.15) is 22.8 Å². The van der Waals surface area contributed by atoms with Crippen LogP contribution >= 0.6 is 0 Å². The van der Waals surface area contributed by atoms with Crippen LogP contribution in [0.15, 0.2) is 29.0 Å². The highest BCUT2D eigenvalue weighted by Crippen LogP contribution is 2.52. The molecule has 3 aliphatic carbocycles. The summed E-state index contributed by atoms with van der Waals surface area (Å²) in [6.45, 7) is 2.53. The third kappa shape index (κ3) is 3.63. The van der Waals surface area contributed by atoms with E-state index in [0.29, 0.717) is 24.6 Å². The Balaban J connectivity index is 1.52. The van der Waals surface area contributed by atoms with Crippen molar-refractivity contribution in [2.75, 3.05) is 20.1 Å². The maximum Gasteiger partial charge on any atom is 0.255 e. The summed E-state index contributed by atoms with van der Waals surface area (Å²) in [5.74, 6) is -6.16. The molecule has 1 saturated carbocycles. The molecule has 3 atom stereocenters. The standard InChI is InChI=1S/C26H31N3O7/c1-29-6-4-15(5-7-29)28-11-12-2-3-17(30)20-16(12)9-13-8-14-10-18(31)21(25(27)35)24(34)26(14,36)23(33)19(13)22(20)32/h2-3,13-15,28,30,32,34,36H,4-11H2,1H3,(H2,27,35). The monoisotopic (exact) mass is 497 g/mol. The maximum atomic E-state index is 13.6. The van der Waals surface area contributed by atoms with E-state index < -0.39 is 52.0 Å². The number of fused-ring (bicyclic) bond motifs is 3. The zero-order chi connectivity index (χ0) is 25.9. The van der Waals surface area contributed by atoms with Crippen LogP contribution in [0.4, 0.5) is 0 Å². The Morgan fingerprint density at radius 1 is 1.17 bits per heavy atom. The van der Waals surface area contributed by atoms with Gasteiger partial charge in [-0.2, -0.15) is 0 Å². The molecule has 1 heterocycles. The first-order valence-electron chi connectivity index (χ1n) is 12.3. The number of nitrogens with two attached hydrogens (primary N) is 1. The molecule has 10 nitrogen and oxygen atoms in total. The van der Waals surface area contributed by atoms with Crippen molar-refractivity contribution in [1.82, 2.24) is 10.2 Å². The SMILES string of the molecule is CN1CCC(NCc2ccc(O)c3c2CC2CC4CC(=O)C(C(N)=O)=C(O)C4(O)C(=O)C2=C3O)CC1. The predicted octanol–water partition coefficient (Wildman–Crippen LogP) is 0.608. The Hall–Kier alpha value is -3.21. The number of nitrogens with one attached hydrogen (secondary N) is 1. The van der Waals surface area contributed by atoms with Crippen molar-refractivity contribution < 1.29 is 34.8 Å². The molecule has 0 aromatic heterocycles. The number of piperidine rings is 1. The Kier molecular flexibility index (Phi) is 5.93. The topological polar surface area (TPSA) is 173 Å². The average Bonchev–Trinajstić information content (AvgIpc) is 2.81. The second kappa shape index (κ2) is 8.72. The minimum absolute atomic E-state index is 0.123. The summed E-state index contributed by atoms with van der Waals surface area (Å²) in [6, 6.07) is 3.62. The smallest absolute Gasteiger partial charge is 0.255 e. The van der Waals surface area contributed by atoms with Crippen molar-refractivity contribution in [3.63, 3.8) is 0 Å². The zero-order valence-electron chi connectivity index (χ0n) is 20.1. The third-order valence-corrected chi connectivity index (χ3v) is 8.34. The van der Waals surface area contributed by atoms with E-state index in [1.165, 1.54) is 6.07 Å². The molecule has 36 heavy (non-hydrogen) atoms. The van der Waals surface area contributed by atoms with Crippen molar-refractivity contribution in [2.24, 2.45) is 17.6 Å². The van der Waals surface area contributed by atoms with E-state index in [-0.39, 0.29) is 29.7 Å². The van der Waals surface area contributed by atoms with Crippen LogP contribution in [0.1, 0.15) is 42.4 Å². The quantitative estimate of drug-likeness (QED) is 0.326. The van der Waals surface area contributed by atoms with Gasteiger partial charge in [-0.3, -0.25) is 14.4 Å². The normalized spacial score (nSPS) is 29.2. The number of benzene rings is 1. The fraction of sp³-hybridized carbons (Fsp3) is 0.500. The van der Waals surface area contributed by atoms with E-state index in [0.717, 1.165) is 31.5 Å². The Labute approximate surface area is 208 Å². The van der Waals surface area contributed by atoms with Crippen molar-refractivity contribution in [2.45, 2.75) is 50.3 Å². The summed E-state index contributed by atoms with van der Waals surface area (Å²) in [5, 5.41) is 47.3. The first kappa shape index (κ1) is 24.5. The molecule has 4 aliphatic rings. The van der Waals surface area contributed by atoms with Crippen molar-refractivity contribution in [3.8, 4) is 5.75 Å². The molecular weight excluding hydrogens is 466 g/mol. The number of Topliss-reactive ketones (excluding diaryl/α,β-unsaturated/α-hetero) is 2. The summed E-state index contributed by atoms with van der Waals surface area (Å²) in [5.41, 5.74) is 3.49. The molecule has 10 heteroatoms. The van der Waals surface area contributed by atoms with Gasteiger partial charge in [-0.05, 0) is 68.9 Å². The van der Waals surface area contributed by atoms with Crippen molar-refractivity contribution in [1.29, 1.82) is 0 Å². The van der Waals surface area contributed by atoms with Crippen molar-refractivity contribution >= 4 is 23.2 Å². The predicted molar refractivity (Wildman–Crippen MR) is 129 cm³/mol. The van der Waals surface area contributed by atoms with Crippen LogP contribution in [0.25, 0.3) is 5.76 Å². The van der Waals surface area contributed by atoms with Gasteiger partial charge in [0.05, 0.1) is 5.56 Å². The number of aromatic hydroxyl groups is 1. The van der Waals surface area contributed by atoms with Gasteiger partial charge in [-0.1, -0.05) is 6.07 Å². The number of phenolic OH excluding ortho intramolecular Hbond substituents is 1. The summed E-state index contributed by atoms with van der Waals surface area (Å²) in [7, 11) is 2.09. The number of amides is 1. The van der Waals surface area contributed by atoms with Crippen LogP contribution in [0, 0.1) is 11.8 Å². The molecule has 5 rings (SSSR count). The van der Waals surface area contributed by atoms with E-state index in [2.05, 4.69) is 17.3 Å². The van der Waals surface area contributed by atoms with Crippen LogP contribution in [-0.2, 0) is 27.3 Å². The summed E-state index contributed by atoms with van der Waals surface area (Å²) < 4.78 is 0. The van der Waals surface area contributed by atoms with Gasteiger partial charge in [-0.25, -0.2) is 0 Å². The van der Waals surface area contributed by atoms with Gasteiger partial charge in [0, 0.05) is 30.5 Å². The number of likely N-dealkylation sites (tertiary alicyclic amines) is 1. The third-order valence-electron chi connectivity index (χ3n) is 8.34. The fourth-order valence-corrected chi connectivity index (χ4v) is 6.32. The molecule has 0 radical (unpaired) electrons. The number of aliphatic hydroxyl groups is 3. The molecule has 0 spiro atoms. The number of hydrogen-bond acceptors (Lipinski definition) is 9. The van der Waals surface area contributed by atoms with E-state index in [1.807, 2.05) is 0 Å².